The van der Waals surface area contributed by atoms with Gasteiger partial charge in [0, 0.05) is 13.2 Å². The van der Waals surface area contributed by atoms with Crippen LogP contribution in [0.25, 0.3) is 0 Å². The first kappa shape index (κ1) is 8.97. The van der Waals surface area contributed by atoms with Crippen LogP contribution in [-0.2, 0) is 9.47 Å². The molecule has 11 heavy (non-hydrogen) atoms. The van der Waals surface area contributed by atoms with E-state index in [4.69, 9.17) is 15.2 Å². The predicted molar refractivity (Wildman–Crippen MR) is 43.4 cm³/mol. The SMILES string of the molecule is COCCO[C@H]1CC[C@@H](N)C1. The van der Waals surface area contributed by atoms with Crippen LogP contribution in [0.3, 0.4) is 0 Å². The third kappa shape index (κ3) is 3.18. The van der Waals surface area contributed by atoms with Crippen molar-refractivity contribution in [2.24, 2.45) is 5.73 Å². The highest BCUT2D eigenvalue weighted by atomic mass is 16.5. The van der Waals surface area contributed by atoms with Gasteiger partial charge >= 0.3 is 0 Å². The number of methoxy groups -OCH3 is 1. The first-order chi connectivity index (χ1) is 5.33. The molecule has 0 aliphatic heterocycles. The van der Waals surface area contributed by atoms with Crippen molar-refractivity contribution in [2.45, 2.75) is 31.4 Å². The van der Waals surface area contributed by atoms with Gasteiger partial charge in [-0.25, -0.2) is 0 Å². The Hall–Kier alpha value is -0.120. The Morgan fingerprint density at radius 1 is 1.36 bits per heavy atom. The Morgan fingerprint density at radius 2 is 2.18 bits per heavy atom. The summed E-state index contributed by atoms with van der Waals surface area (Å²) in [4.78, 5) is 0. The Labute approximate surface area is 67.9 Å². The summed E-state index contributed by atoms with van der Waals surface area (Å²) in [6, 6.07) is 0.363. The number of rotatable bonds is 4. The lowest BCUT2D eigenvalue weighted by molar-refractivity contribution is 0.0205. The van der Waals surface area contributed by atoms with Crippen LogP contribution in [-0.4, -0.2) is 32.5 Å². The molecular formula is C8H17NO2. The highest BCUT2D eigenvalue weighted by molar-refractivity contribution is 4.77. The number of nitrogens with two attached hydrogens (primary N) is 1. The smallest absolute Gasteiger partial charge is 0.0704 e. The maximum absolute atomic E-state index is 5.72. The van der Waals surface area contributed by atoms with Crippen molar-refractivity contribution in [1.82, 2.24) is 0 Å². The molecule has 0 radical (unpaired) electrons. The molecule has 0 unspecified atom stereocenters. The molecular weight excluding hydrogens is 142 g/mol. The number of hydrogen-bond acceptors (Lipinski definition) is 3. The maximum atomic E-state index is 5.72. The van der Waals surface area contributed by atoms with Crippen LogP contribution in [0.15, 0.2) is 0 Å². The first-order valence-electron chi connectivity index (χ1n) is 4.19. The molecule has 1 saturated carbocycles. The van der Waals surface area contributed by atoms with Gasteiger partial charge in [-0.2, -0.15) is 0 Å². The number of hydrogen-bond donors (Lipinski definition) is 1. The molecule has 66 valence electrons. The van der Waals surface area contributed by atoms with Crippen molar-refractivity contribution in [3.05, 3.63) is 0 Å². The van der Waals surface area contributed by atoms with E-state index in [1.165, 1.54) is 0 Å². The van der Waals surface area contributed by atoms with E-state index in [9.17, 15) is 0 Å². The standard InChI is InChI=1S/C8H17NO2/c1-10-4-5-11-8-3-2-7(9)6-8/h7-8H,2-6,9H2,1H3/t7-,8+/m1/s1. The van der Waals surface area contributed by atoms with Crippen molar-refractivity contribution in [2.75, 3.05) is 20.3 Å². The second-order valence-corrected chi connectivity index (χ2v) is 3.06. The second-order valence-electron chi connectivity index (χ2n) is 3.06. The van der Waals surface area contributed by atoms with E-state index in [1.807, 2.05) is 0 Å². The molecule has 0 aromatic rings. The molecule has 3 heteroatoms. The minimum absolute atomic E-state index is 0.363. The van der Waals surface area contributed by atoms with E-state index in [0.717, 1.165) is 19.3 Å². The van der Waals surface area contributed by atoms with Gasteiger partial charge in [-0.3, -0.25) is 0 Å². The third-order valence-electron chi connectivity index (χ3n) is 2.07. The summed E-state index contributed by atoms with van der Waals surface area (Å²) >= 11 is 0. The lowest BCUT2D eigenvalue weighted by Crippen LogP contribution is -2.18. The summed E-state index contributed by atoms with van der Waals surface area (Å²) < 4.78 is 10.4. The van der Waals surface area contributed by atoms with E-state index >= 15 is 0 Å². The van der Waals surface area contributed by atoms with Gasteiger partial charge in [0.1, 0.15) is 0 Å². The third-order valence-corrected chi connectivity index (χ3v) is 2.07. The normalized spacial score (nSPS) is 31.1. The fraction of sp³-hybridized carbons (Fsp3) is 1.00. The van der Waals surface area contributed by atoms with Crippen LogP contribution < -0.4 is 5.73 Å². The van der Waals surface area contributed by atoms with Crippen molar-refractivity contribution < 1.29 is 9.47 Å². The van der Waals surface area contributed by atoms with E-state index in [2.05, 4.69) is 0 Å². The fourth-order valence-corrected chi connectivity index (χ4v) is 1.42. The predicted octanol–water partition coefficient (Wildman–Crippen LogP) is 0.529. The average Bonchev–Trinajstić information content (AvgIpc) is 2.37. The van der Waals surface area contributed by atoms with Gasteiger partial charge in [0.05, 0.1) is 19.3 Å². The van der Waals surface area contributed by atoms with Crippen LogP contribution in [0.1, 0.15) is 19.3 Å². The van der Waals surface area contributed by atoms with E-state index in [-0.39, 0.29) is 0 Å². The monoisotopic (exact) mass is 159 g/mol. The van der Waals surface area contributed by atoms with Gasteiger partial charge < -0.3 is 15.2 Å². The molecule has 0 saturated heterocycles. The Kier molecular flexibility index (Phi) is 3.83. The van der Waals surface area contributed by atoms with Crippen molar-refractivity contribution in [3.8, 4) is 0 Å². The molecule has 0 bridgehead atoms. The molecule has 2 atom stereocenters. The van der Waals surface area contributed by atoms with Gasteiger partial charge in [-0.05, 0) is 19.3 Å². The highest BCUT2D eigenvalue weighted by Gasteiger charge is 2.21. The molecule has 0 heterocycles. The molecule has 2 N–H and O–H groups in total. The largest absolute Gasteiger partial charge is 0.382 e. The molecule has 1 fully saturated rings. The molecule has 3 nitrogen and oxygen atoms in total. The van der Waals surface area contributed by atoms with Crippen LogP contribution in [0.4, 0.5) is 0 Å². The van der Waals surface area contributed by atoms with Gasteiger partial charge in [-0.15, -0.1) is 0 Å². The van der Waals surface area contributed by atoms with Crippen LogP contribution in [0, 0.1) is 0 Å². The first-order valence-corrected chi connectivity index (χ1v) is 4.19. The highest BCUT2D eigenvalue weighted by Crippen LogP contribution is 2.19. The zero-order chi connectivity index (χ0) is 8.10. The topological polar surface area (TPSA) is 44.5 Å². The van der Waals surface area contributed by atoms with E-state index in [0.29, 0.717) is 25.4 Å². The zero-order valence-electron chi connectivity index (χ0n) is 7.08. The molecule has 0 aromatic carbocycles. The zero-order valence-corrected chi connectivity index (χ0v) is 7.08. The molecule has 1 rings (SSSR count). The summed E-state index contributed by atoms with van der Waals surface area (Å²) in [5.74, 6) is 0. The minimum atomic E-state index is 0.363. The molecule has 0 spiro atoms. The second kappa shape index (κ2) is 4.70. The minimum Gasteiger partial charge on any atom is -0.382 e. The Bertz CT molecular complexity index is 108. The summed E-state index contributed by atoms with van der Waals surface area (Å²) in [5.41, 5.74) is 5.72. The van der Waals surface area contributed by atoms with Crippen LogP contribution >= 0.6 is 0 Å². The lowest BCUT2D eigenvalue weighted by atomic mass is 10.3. The van der Waals surface area contributed by atoms with Crippen molar-refractivity contribution in [3.63, 3.8) is 0 Å². The molecule has 1 aliphatic rings. The van der Waals surface area contributed by atoms with Gasteiger partial charge in [0.25, 0.3) is 0 Å². The van der Waals surface area contributed by atoms with E-state index < -0.39 is 0 Å². The summed E-state index contributed by atoms with van der Waals surface area (Å²) in [5, 5.41) is 0. The number of ether oxygens (including phenoxy) is 2. The van der Waals surface area contributed by atoms with Gasteiger partial charge in [0.2, 0.25) is 0 Å². The molecule has 1 aliphatic carbocycles. The van der Waals surface area contributed by atoms with Gasteiger partial charge in [0.15, 0.2) is 0 Å². The Balaban J connectivity index is 1.99. The quantitative estimate of drug-likeness (QED) is 0.608. The average molecular weight is 159 g/mol. The molecule has 0 amide bonds. The van der Waals surface area contributed by atoms with Crippen molar-refractivity contribution >= 4 is 0 Å². The maximum Gasteiger partial charge on any atom is 0.0704 e. The lowest BCUT2D eigenvalue weighted by Gasteiger charge is -2.10. The van der Waals surface area contributed by atoms with E-state index in [1.54, 1.807) is 7.11 Å². The van der Waals surface area contributed by atoms with Gasteiger partial charge in [-0.1, -0.05) is 0 Å². The summed E-state index contributed by atoms with van der Waals surface area (Å²) in [6.07, 6.45) is 3.63. The van der Waals surface area contributed by atoms with Crippen molar-refractivity contribution in [1.29, 1.82) is 0 Å². The van der Waals surface area contributed by atoms with Crippen LogP contribution in [0.5, 0.6) is 0 Å². The van der Waals surface area contributed by atoms with Crippen LogP contribution in [0.2, 0.25) is 0 Å². The Morgan fingerprint density at radius 3 is 2.73 bits per heavy atom. The molecule has 0 aromatic heterocycles. The summed E-state index contributed by atoms with van der Waals surface area (Å²) in [6.45, 7) is 1.39. The summed E-state index contributed by atoms with van der Waals surface area (Å²) in [7, 11) is 1.68. The fourth-order valence-electron chi connectivity index (χ4n) is 1.42.